The van der Waals surface area contributed by atoms with Crippen molar-refractivity contribution in [1.29, 1.82) is 0 Å². The third-order valence-corrected chi connectivity index (χ3v) is 2.10. The minimum Gasteiger partial charge on any atom is -0.326 e. The Hall–Kier alpha value is -0.380. The Balaban J connectivity index is 3.06. The van der Waals surface area contributed by atoms with Crippen molar-refractivity contribution in [2.24, 2.45) is 11.5 Å². The molecule has 3 heteroatoms. The van der Waals surface area contributed by atoms with Crippen LogP contribution in [0, 0.1) is 0 Å². The summed E-state index contributed by atoms with van der Waals surface area (Å²) in [4.78, 5) is 0. The lowest BCUT2D eigenvalue weighted by atomic mass is 10.1. The van der Waals surface area contributed by atoms with Crippen molar-refractivity contribution >= 4 is 15.9 Å². The molecule has 1 rings (SSSR count). The normalized spacial score (nSPS) is 10.1. The third kappa shape index (κ3) is 2.02. The first kappa shape index (κ1) is 8.71. The fourth-order valence-electron chi connectivity index (χ4n) is 0.984. The molecule has 0 aliphatic carbocycles. The summed E-state index contributed by atoms with van der Waals surface area (Å²) in [5.41, 5.74) is 13.3. The Morgan fingerprint density at radius 2 is 1.73 bits per heavy atom. The van der Waals surface area contributed by atoms with E-state index in [0.29, 0.717) is 13.1 Å². The third-order valence-electron chi connectivity index (χ3n) is 1.61. The summed E-state index contributed by atoms with van der Waals surface area (Å²) >= 11 is 3.37. The highest BCUT2D eigenvalue weighted by Crippen LogP contribution is 2.15. The number of halogens is 1. The van der Waals surface area contributed by atoms with Gasteiger partial charge in [-0.05, 0) is 23.3 Å². The quantitative estimate of drug-likeness (QED) is 0.782. The molecule has 1 aromatic rings. The summed E-state index contributed by atoms with van der Waals surface area (Å²) in [5.74, 6) is 0. The standard InChI is InChI=1S/C8H11BrN2/c9-8-2-1-6(4-10)7(3-8)5-11/h1-3H,4-5,10-11H2. The summed E-state index contributed by atoms with van der Waals surface area (Å²) in [7, 11) is 0. The molecule has 0 saturated carbocycles. The van der Waals surface area contributed by atoms with Crippen molar-refractivity contribution in [3.63, 3.8) is 0 Å². The minimum absolute atomic E-state index is 0.548. The number of hydrogen-bond acceptors (Lipinski definition) is 2. The Bertz CT molecular complexity index is 248. The molecule has 4 N–H and O–H groups in total. The summed E-state index contributed by atoms with van der Waals surface area (Å²) < 4.78 is 1.05. The van der Waals surface area contributed by atoms with Crippen LogP contribution in [0.5, 0.6) is 0 Å². The molecule has 0 aliphatic heterocycles. The highest BCUT2D eigenvalue weighted by atomic mass is 79.9. The molecular weight excluding hydrogens is 204 g/mol. The van der Waals surface area contributed by atoms with Crippen molar-refractivity contribution in [2.45, 2.75) is 13.1 Å². The molecule has 0 radical (unpaired) electrons. The molecule has 0 aromatic heterocycles. The highest BCUT2D eigenvalue weighted by Gasteiger charge is 1.98. The van der Waals surface area contributed by atoms with E-state index in [1.165, 1.54) is 0 Å². The zero-order valence-corrected chi connectivity index (χ0v) is 7.76. The van der Waals surface area contributed by atoms with Crippen LogP contribution in [0.25, 0.3) is 0 Å². The number of rotatable bonds is 2. The van der Waals surface area contributed by atoms with E-state index in [2.05, 4.69) is 15.9 Å². The number of nitrogens with two attached hydrogens (primary N) is 2. The number of hydrogen-bond donors (Lipinski definition) is 2. The second-order valence-corrected chi connectivity index (χ2v) is 3.24. The van der Waals surface area contributed by atoms with Crippen LogP contribution in [0.1, 0.15) is 11.1 Å². The van der Waals surface area contributed by atoms with E-state index in [4.69, 9.17) is 11.5 Å². The minimum atomic E-state index is 0.548. The van der Waals surface area contributed by atoms with Crippen molar-refractivity contribution in [3.05, 3.63) is 33.8 Å². The smallest absolute Gasteiger partial charge is 0.0181 e. The first-order valence-electron chi connectivity index (χ1n) is 3.45. The van der Waals surface area contributed by atoms with Gasteiger partial charge >= 0.3 is 0 Å². The first-order valence-corrected chi connectivity index (χ1v) is 4.24. The second kappa shape index (κ2) is 3.85. The predicted octanol–water partition coefficient (Wildman–Crippen LogP) is 1.37. The van der Waals surface area contributed by atoms with Crippen molar-refractivity contribution < 1.29 is 0 Å². The Kier molecular flexibility index (Phi) is 3.05. The molecule has 0 unspecified atom stereocenters. The molecule has 0 bridgehead atoms. The van der Waals surface area contributed by atoms with E-state index in [9.17, 15) is 0 Å². The lowest BCUT2D eigenvalue weighted by molar-refractivity contribution is 0.978. The van der Waals surface area contributed by atoms with E-state index in [1.54, 1.807) is 0 Å². The molecule has 0 heterocycles. The molecule has 0 aliphatic rings. The van der Waals surface area contributed by atoms with E-state index in [-0.39, 0.29) is 0 Å². The monoisotopic (exact) mass is 214 g/mol. The van der Waals surface area contributed by atoms with Crippen LogP contribution in [-0.4, -0.2) is 0 Å². The first-order chi connectivity index (χ1) is 5.27. The van der Waals surface area contributed by atoms with Crippen molar-refractivity contribution in [2.75, 3.05) is 0 Å². The van der Waals surface area contributed by atoms with Gasteiger partial charge in [-0.3, -0.25) is 0 Å². The molecule has 2 nitrogen and oxygen atoms in total. The van der Waals surface area contributed by atoms with Crippen LogP contribution in [0.4, 0.5) is 0 Å². The van der Waals surface area contributed by atoms with Gasteiger partial charge in [0.1, 0.15) is 0 Å². The Labute approximate surface area is 74.7 Å². The maximum Gasteiger partial charge on any atom is 0.0181 e. The topological polar surface area (TPSA) is 52.0 Å². The zero-order valence-electron chi connectivity index (χ0n) is 6.18. The van der Waals surface area contributed by atoms with Gasteiger partial charge in [-0.15, -0.1) is 0 Å². The van der Waals surface area contributed by atoms with Crippen LogP contribution in [0.15, 0.2) is 22.7 Å². The Morgan fingerprint density at radius 3 is 2.27 bits per heavy atom. The average molecular weight is 215 g/mol. The number of benzene rings is 1. The average Bonchev–Trinajstić information content (AvgIpc) is 2.04. The fraction of sp³-hybridized carbons (Fsp3) is 0.250. The lowest BCUT2D eigenvalue weighted by Crippen LogP contribution is -2.05. The molecule has 0 atom stereocenters. The van der Waals surface area contributed by atoms with Gasteiger partial charge < -0.3 is 11.5 Å². The van der Waals surface area contributed by atoms with Gasteiger partial charge in [0.15, 0.2) is 0 Å². The summed E-state index contributed by atoms with van der Waals surface area (Å²) in [6.07, 6.45) is 0. The molecule has 0 fully saturated rings. The van der Waals surface area contributed by atoms with Gasteiger partial charge in [-0.2, -0.15) is 0 Å². The van der Waals surface area contributed by atoms with Crippen LogP contribution in [0.2, 0.25) is 0 Å². The largest absolute Gasteiger partial charge is 0.326 e. The molecule has 0 saturated heterocycles. The SMILES string of the molecule is NCc1ccc(Br)cc1CN. The van der Waals surface area contributed by atoms with Crippen LogP contribution < -0.4 is 11.5 Å². The summed E-state index contributed by atoms with van der Waals surface area (Å²) in [6.45, 7) is 1.10. The van der Waals surface area contributed by atoms with Crippen LogP contribution >= 0.6 is 15.9 Å². The van der Waals surface area contributed by atoms with E-state index < -0.39 is 0 Å². The van der Waals surface area contributed by atoms with Crippen LogP contribution in [-0.2, 0) is 13.1 Å². The molecule has 11 heavy (non-hydrogen) atoms. The predicted molar refractivity (Wildman–Crippen MR) is 49.9 cm³/mol. The van der Waals surface area contributed by atoms with Crippen molar-refractivity contribution in [3.8, 4) is 0 Å². The maximum atomic E-state index is 5.52. The summed E-state index contributed by atoms with van der Waals surface area (Å²) in [6, 6.07) is 5.97. The van der Waals surface area contributed by atoms with Gasteiger partial charge in [-0.1, -0.05) is 22.0 Å². The van der Waals surface area contributed by atoms with Gasteiger partial charge in [0, 0.05) is 17.6 Å². The second-order valence-electron chi connectivity index (χ2n) is 2.32. The van der Waals surface area contributed by atoms with Gasteiger partial charge in [-0.25, -0.2) is 0 Å². The summed E-state index contributed by atoms with van der Waals surface area (Å²) in [5, 5.41) is 0. The van der Waals surface area contributed by atoms with E-state index in [1.807, 2.05) is 18.2 Å². The Morgan fingerprint density at radius 1 is 1.09 bits per heavy atom. The van der Waals surface area contributed by atoms with Gasteiger partial charge in [0.2, 0.25) is 0 Å². The molecular formula is C8H11BrN2. The lowest BCUT2D eigenvalue weighted by Gasteiger charge is -2.04. The fourth-order valence-corrected chi connectivity index (χ4v) is 1.39. The molecule has 1 aromatic carbocycles. The van der Waals surface area contributed by atoms with Gasteiger partial charge in [0.25, 0.3) is 0 Å². The highest BCUT2D eigenvalue weighted by molar-refractivity contribution is 9.10. The van der Waals surface area contributed by atoms with E-state index in [0.717, 1.165) is 15.6 Å². The zero-order chi connectivity index (χ0) is 8.27. The van der Waals surface area contributed by atoms with Gasteiger partial charge in [0.05, 0.1) is 0 Å². The van der Waals surface area contributed by atoms with E-state index >= 15 is 0 Å². The maximum absolute atomic E-state index is 5.52. The van der Waals surface area contributed by atoms with Crippen LogP contribution in [0.3, 0.4) is 0 Å². The molecule has 0 amide bonds. The molecule has 0 spiro atoms. The van der Waals surface area contributed by atoms with Crippen molar-refractivity contribution in [1.82, 2.24) is 0 Å². The molecule has 60 valence electrons.